The quantitative estimate of drug-likeness (QED) is 0.821. The summed E-state index contributed by atoms with van der Waals surface area (Å²) >= 11 is 5.91. The van der Waals surface area contributed by atoms with E-state index in [1.165, 1.54) is 19.9 Å². The van der Waals surface area contributed by atoms with Gasteiger partial charge in [-0.1, -0.05) is 24.4 Å². The maximum atomic E-state index is 9.90. The van der Waals surface area contributed by atoms with Crippen molar-refractivity contribution < 1.29 is 9.84 Å². The summed E-state index contributed by atoms with van der Waals surface area (Å²) in [5.41, 5.74) is 0. The van der Waals surface area contributed by atoms with Crippen LogP contribution in [0.2, 0.25) is 5.15 Å². The van der Waals surface area contributed by atoms with Crippen LogP contribution in [-0.2, 0) is 0 Å². The summed E-state index contributed by atoms with van der Waals surface area (Å²) in [4.78, 5) is 7.97. The third kappa shape index (κ3) is 3.03. The van der Waals surface area contributed by atoms with E-state index in [-0.39, 0.29) is 12.0 Å². The first-order valence-corrected chi connectivity index (χ1v) is 6.56. The van der Waals surface area contributed by atoms with Gasteiger partial charge in [-0.3, -0.25) is 0 Å². The van der Waals surface area contributed by atoms with Crippen molar-refractivity contribution in [1.29, 1.82) is 0 Å². The Bertz CT molecular complexity index is 403. The molecule has 0 radical (unpaired) electrons. The van der Waals surface area contributed by atoms with Gasteiger partial charge in [0.15, 0.2) is 16.7 Å². The van der Waals surface area contributed by atoms with Gasteiger partial charge in [-0.15, -0.1) is 0 Å². The van der Waals surface area contributed by atoms with E-state index >= 15 is 0 Å². The Morgan fingerprint density at radius 2 is 2.22 bits per heavy atom. The molecule has 1 aromatic heterocycles. The Morgan fingerprint density at radius 3 is 2.94 bits per heavy atom. The second-order valence-electron chi connectivity index (χ2n) is 4.54. The second kappa shape index (κ2) is 6.20. The number of aromatic nitrogens is 2. The van der Waals surface area contributed by atoms with Crippen molar-refractivity contribution in [3.8, 4) is 5.75 Å². The number of ether oxygens (including phenoxy) is 1. The van der Waals surface area contributed by atoms with Gasteiger partial charge in [0, 0.05) is 12.5 Å². The minimum Gasteiger partial charge on any atom is -0.490 e. The SMILES string of the molecule is COc1c(Cl)ncnc1NCC1CCCCC1O. The fraction of sp³-hybridized carbons (Fsp3) is 0.667. The first kappa shape index (κ1) is 13.4. The van der Waals surface area contributed by atoms with Crippen LogP contribution in [0.4, 0.5) is 5.82 Å². The van der Waals surface area contributed by atoms with E-state index in [4.69, 9.17) is 16.3 Å². The third-order valence-electron chi connectivity index (χ3n) is 3.37. The summed E-state index contributed by atoms with van der Waals surface area (Å²) in [5, 5.41) is 13.4. The number of hydrogen-bond acceptors (Lipinski definition) is 5. The fourth-order valence-corrected chi connectivity index (χ4v) is 2.52. The van der Waals surface area contributed by atoms with Crippen molar-refractivity contribution in [1.82, 2.24) is 9.97 Å². The largest absolute Gasteiger partial charge is 0.490 e. The van der Waals surface area contributed by atoms with Crippen LogP contribution >= 0.6 is 11.6 Å². The number of methoxy groups -OCH3 is 1. The van der Waals surface area contributed by atoms with Gasteiger partial charge in [0.2, 0.25) is 0 Å². The van der Waals surface area contributed by atoms with Crippen LogP contribution < -0.4 is 10.1 Å². The molecule has 100 valence electrons. The van der Waals surface area contributed by atoms with E-state index in [9.17, 15) is 5.11 Å². The van der Waals surface area contributed by atoms with Crippen molar-refractivity contribution in [3.63, 3.8) is 0 Å². The Balaban J connectivity index is 1.99. The lowest BCUT2D eigenvalue weighted by atomic mass is 9.86. The van der Waals surface area contributed by atoms with Gasteiger partial charge < -0.3 is 15.2 Å². The number of halogens is 1. The number of hydrogen-bond donors (Lipinski definition) is 2. The molecule has 1 fully saturated rings. The number of anilines is 1. The Kier molecular flexibility index (Phi) is 4.60. The van der Waals surface area contributed by atoms with Crippen molar-refractivity contribution in [2.45, 2.75) is 31.8 Å². The molecule has 5 nitrogen and oxygen atoms in total. The highest BCUT2D eigenvalue weighted by Crippen LogP contribution is 2.30. The molecule has 2 rings (SSSR count). The zero-order chi connectivity index (χ0) is 13.0. The summed E-state index contributed by atoms with van der Waals surface area (Å²) in [7, 11) is 1.53. The third-order valence-corrected chi connectivity index (χ3v) is 3.63. The Labute approximate surface area is 112 Å². The summed E-state index contributed by atoms with van der Waals surface area (Å²) in [6.45, 7) is 0.671. The molecule has 0 bridgehead atoms. The molecule has 1 saturated carbocycles. The lowest BCUT2D eigenvalue weighted by Crippen LogP contribution is -2.30. The molecule has 2 N–H and O–H groups in total. The molecule has 0 aliphatic heterocycles. The molecule has 0 saturated heterocycles. The van der Waals surface area contributed by atoms with Crippen LogP contribution in [0.15, 0.2) is 6.33 Å². The topological polar surface area (TPSA) is 67.3 Å². The summed E-state index contributed by atoms with van der Waals surface area (Å²) in [5.74, 6) is 1.29. The molecule has 6 heteroatoms. The second-order valence-corrected chi connectivity index (χ2v) is 4.90. The highest BCUT2D eigenvalue weighted by Gasteiger charge is 2.23. The van der Waals surface area contributed by atoms with Gasteiger partial charge >= 0.3 is 0 Å². The lowest BCUT2D eigenvalue weighted by Gasteiger charge is -2.27. The van der Waals surface area contributed by atoms with Gasteiger partial charge in [-0.25, -0.2) is 9.97 Å². The molecule has 0 aromatic carbocycles. The zero-order valence-corrected chi connectivity index (χ0v) is 11.2. The normalized spacial score (nSPS) is 23.7. The zero-order valence-electron chi connectivity index (χ0n) is 10.4. The van der Waals surface area contributed by atoms with Gasteiger partial charge in [-0.05, 0) is 12.8 Å². The van der Waals surface area contributed by atoms with E-state index < -0.39 is 0 Å². The van der Waals surface area contributed by atoms with Crippen LogP contribution in [0.1, 0.15) is 25.7 Å². The van der Waals surface area contributed by atoms with Crippen molar-refractivity contribution in [3.05, 3.63) is 11.5 Å². The standard InChI is InChI=1S/C12H18ClN3O2/c1-18-10-11(13)15-7-16-12(10)14-6-8-4-2-3-5-9(8)17/h7-9,17H,2-6H2,1H3,(H,14,15,16). The average Bonchev–Trinajstić information content (AvgIpc) is 2.38. The summed E-state index contributed by atoms with van der Waals surface area (Å²) < 4.78 is 5.16. The molecule has 1 aliphatic carbocycles. The fourth-order valence-electron chi connectivity index (χ4n) is 2.31. The minimum atomic E-state index is -0.227. The highest BCUT2D eigenvalue weighted by atomic mass is 35.5. The Hall–Kier alpha value is -1.07. The van der Waals surface area contributed by atoms with E-state index in [1.54, 1.807) is 0 Å². The maximum Gasteiger partial charge on any atom is 0.198 e. The average molecular weight is 272 g/mol. The molecule has 0 amide bonds. The number of rotatable bonds is 4. The molecule has 18 heavy (non-hydrogen) atoms. The van der Waals surface area contributed by atoms with Crippen molar-refractivity contribution >= 4 is 17.4 Å². The first-order valence-electron chi connectivity index (χ1n) is 6.18. The number of nitrogens with one attached hydrogen (secondary N) is 1. The van der Waals surface area contributed by atoms with Gasteiger partial charge in [-0.2, -0.15) is 0 Å². The number of nitrogens with zero attached hydrogens (tertiary/aromatic N) is 2. The number of aliphatic hydroxyl groups excluding tert-OH is 1. The van der Waals surface area contributed by atoms with Crippen LogP contribution in [0, 0.1) is 5.92 Å². The van der Waals surface area contributed by atoms with Crippen LogP contribution in [0.25, 0.3) is 0 Å². The summed E-state index contributed by atoms with van der Waals surface area (Å²) in [6, 6.07) is 0. The minimum absolute atomic E-state index is 0.227. The Morgan fingerprint density at radius 1 is 1.44 bits per heavy atom. The van der Waals surface area contributed by atoms with Crippen LogP contribution in [0.5, 0.6) is 5.75 Å². The smallest absolute Gasteiger partial charge is 0.198 e. The molecule has 2 unspecified atom stereocenters. The molecular weight excluding hydrogens is 254 g/mol. The van der Waals surface area contributed by atoms with Gasteiger partial charge in [0.05, 0.1) is 13.2 Å². The van der Waals surface area contributed by atoms with Crippen LogP contribution in [-0.4, -0.2) is 34.8 Å². The molecular formula is C12H18ClN3O2. The monoisotopic (exact) mass is 271 g/mol. The first-order chi connectivity index (χ1) is 8.72. The van der Waals surface area contributed by atoms with Gasteiger partial charge in [0.25, 0.3) is 0 Å². The summed E-state index contributed by atoms with van der Waals surface area (Å²) in [6.07, 6.45) is 5.37. The van der Waals surface area contributed by atoms with E-state index in [0.717, 1.165) is 19.3 Å². The predicted octanol–water partition coefficient (Wildman–Crippen LogP) is 2.10. The molecule has 2 atom stereocenters. The van der Waals surface area contributed by atoms with E-state index in [1.807, 2.05) is 0 Å². The van der Waals surface area contributed by atoms with E-state index in [2.05, 4.69) is 15.3 Å². The molecule has 1 aliphatic rings. The van der Waals surface area contributed by atoms with Crippen molar-refractivity contribution in [2.24, 2.45) is 5.92 Å². The number of aliphatic hydroxyl groups is 1. The van der Waals surface area contributed by atoms with Gasteiger partial charge in [0.1, 0.15) is 6.33 Å². The highest BCUT2D eigenvalue weighted by molar-refractivity contribution is 6.31. The molecule has 0 spiro atoms. The molecule has 1 heterocycles. The van der Waals surface area contributed by atoms with E-state index in [0.29, 0.717) is 23.3 Å². The maximum absolute atomic E-state index is 9.90. The van der Waals surface area contributed by atoms with Crippen molar-refractivity contribution in [2.75, 3.05) is 19.0 Å². The lowest BCUT2D eigenvalue weighted by molar-refractivity contribution is 0.0762. The van der Waals surface area contributed by atoms with Crippen LogP contribution in [0.3, 0.4) is 0 Å². The molecule has 1 aromatic rings. The predicted molar refractivity (Wildman–Crippen MR) is 70.0 cm³/mol.